The number of amides is 1. The van der Waals surface area contributed by atoms with Crippen LogP contribution in [0.1, 0.15) is 35.5 Å². The van der Waals surface area contributed by atoms with Crippen LogP contribution in [0.15, 0.2) is 78.9 Å². The van der Waals surface area contributed by atoms with Crippen molar-refractivity contribution in [3.05, 3.63) is 101 Å². The van der Waals surface area contributed by atoms with Crippen molar-refractivity contribution in [3.8, 4) is 0 Å². The molecule has 0 spiro atoms. The molecule has 4 aromatic rings. The minimum atomic E-state index is -3.59. The van der Waals surface area contributed by atoms with Gasteiger partial charge in [-0.25, -0.2) is 13.4 Å². The van der Waals surface area contributed by atoms with Gasteiger partial charge in [-0.1, -0.05) is 66.7 Å². The molecular weight excluding hydrogens is 460 g/mol. The first kappa shape index (κ1) is 23.3. The number of fused-ring (bicyclic) bond motifs is 2. The van der Waals surface area contributed by atoms with Crippen LogP contribution in [-0.2, 0) is 34.2 Å². The fourth-order valence-electron chi connectivity index (χ4n) is 4.65. The Morgan fingerprint density at radius 2 is 1.71 bits per heavy atom. The third-order valence-electron chi connectivity index (χ3n) is 6.57. The summed E-state index contributed by atoms with van der Waals surface area (Å²) in [6.45, 7) is 1.80. The number of sulfonamides is 1. The number of carbonyl (C=O) groups excluding carboxylic acids is 1. The van der Waals surface area contributed by atoms with Crippen LogP contribution in [0.2, 0.25) is 0 Å². The Hall–Kier alpha value is -3.49. The predicted octanol–water partition coefficient (Wildman–Crippen LogP) is 3.74. The van der Waals surface area contributed by atoms with E-state index in [0.717, 1.165) is 27.7 Å². The third-order valence-corrected chi connectivity index (χ3v) is 8.39. The summed E-state index contributed by atoms with van der Waals surface area (Å²) in [4.78, 5) is 21.8. The molecule has 8 heteroatoms. The van der Waals surface area contributed by atoms with Crippen molar-refractivity contribution < 1.29 is 13.2 Å². The number of para-hydroxylation sites is 2. The second-order valence-electron chi connectivity index (χ2n) is 8.82. The highest BCUT2D eigenvalue weighted by molar-refractivity contribution is 7.89. The van der Waals surface area contributed by atoms with Gasteiger partial charge in [0.15, 0.2) is 0 Å². The smallest absolute Gasteiger partial charge is 0.239 e. The summed E-state index contributed by atoms with van der Waals surface area (Å²) in [5.74, 6) is 0.262. The Labute approximate surface area is 205 Å². The van der Waals surface area contributed by atoms with Gasteiger partial charge < -0.3 is 10.3 Å². The molecule has 0 aliphatic carbocycles. The van der Waals surface area contributed by atoms with E-state index in [1.54, 1.807) is 6.92 Å². The summed E-state index contributed by atoms with van der Waals surface area (Å²) in [7, 11) is -3.59. The van der Waals surface area contributed by atoms with Gasteiger partial charge in [0.05, 0.1) is 22.8 Å². The number of hydrogen-bond acceptors (Lipinski definition) is 4. The summed E-state index contributed by atoms with van der Waals surface area (Å²) in [6.07, 6.45) is 0.857. The minimum absolute atomic E-state index is 0.0596. The number of nitrogens with zero attached hydrogens (tertiary/aromatic N) is 2. The number of rotatable bonds is 7. The van der Waals surface area contributed by atoms with E-state index in [1.165, 1.54) is 4.31 Å². The zero-order valence-electron chi connectivity index (χ0n) is 19.5. The Bertz CT molecular complexity index is 1420. The minimum Gasteiger partial charge on any atom is -0.344 e. The SMILES string of the molecule is CCS(=O)(=O)N1Cc2ccccc2C[C@@H]1C(=O)N[C@@H](Cc1ccccc1)c1nc2ccccc2[nH]1. The first-order valence-corrected chi connectivity index (χ1v) is 13.4. The highest BCUT2D eigenvalue weighted by Crippen LogP contribution is 2.27. The van der Waals surface area contributed by atoms with Crippen LogP contribution >= 0.6 is 0 Å². The van der Waals surface area contributed by atoms with E-state index >= 15 is 0 Å². The van der Waals surface area contributed by atoms with E-state index in [4.69, 9.17) is 4.98 Å². The molecule has 2 heterocycles. The van der Waals surface area contributed by atoms with Crippen LogP contribution in [0.3, 0.4) is 0 Å². The Balaban J connectivity index is 1.48. The van der Waals surface area contributed by atoms with Gasteiger partial charge in [0.25, 0.3) is 0 Å². The fourth-order valence-corrected chi connectivity index (χ4v) is 5.88. The van der Waals surface area contributed by atoms with Gasteiger partial charge in [0.1, 0.15) is 11.9 Å². The molecule has 0 saturated heterocycles. The second-order valence-corrected chi connectivity index (χ2v) is 11.0. The lowest BCUT2D eigenvalue weighted by Gasteiger charge is -2.35. The van der Waals surface area contributed by atoms with Crippen LogP contribution < -0.4 is 5.32 Å². The normalized spacial score (nSPS) is 17.1. The average Bonchev–Trinajstić information content (AvgIpc) is 3.32. The molecule has 7 nitrogen and oxygen atoms in total. The molecule has 0 radical (unpaired) electrons. The lowest BCUT2D eigenvalue weighted by Crippen LogP contribution is -2.53. The molecule has 1 amide bonds. The van der Waals surface area contributed by atoms with Gasteiger partial charge in [-0.3, -0.25) is 4.79 Å². The first-order chi connectivity index (χ1) is 16.9. The van der Waals surface area contributed by atoms with Crippen LogP contribution in [0.4, 0.5) is 0 Å². The number of imidazole rings is 1. The second kappa shape index (κ2) is 9.64. The molecule has 2 N–H and O–H groups in total. The van der Waals surface area contributed by atoms with E-state index < -0.39 is 22.1 Å². The lowest BCUT2D eigenvalue weighted by molar-refractivity contribution is -0.126. The predicted molar refractivity (Wildman–Crippen MR) is 136 cm³/mol. The molecule has 0 fully saturated rings. The highest BCUT2D eigenvalue weighted by atomic mass is 32.2. The molecule has 0 unspecified atom stereocenters. The molecule has 2 atom stereocenters. The van der Waals surface area contributed by atoms with Crippen LogP contribution in [0.5, 0.6) is 0 Å². The number of hydrogen-bond donors (Lipinski definition) is 2. The van der Waals surface area contributed by atoms with Crippen molar-refractivity contribution in [1.29, 1.82) is 0 Å². The van der Waals surface area contributed by atoms with Crippen molar-refractivity contribution >= 4 is 27.0 Å². The molecule has 5 rings (SSSR count). The molecule has 0 bridgehead atoms. The standard InChI is InChI=1S/C27H28N4O3S/c1-2-35(33,34)31-18-21-13-7-6-12-20(21)17-25(31)27(32)30-24(16-19-10-4-3-5-11-19)26-28-22-14-8-9-15-23(22)29-26/h3-15,24-25H,2,16-18H2,1H3,(H,28,29)(H,30,32)/t24-,25+/m0/s1. The molecule has 180 valence electrons. The first-order valence-electron chi connectivity index (χ1n) is 11.8. The van der Waals surface area contributed by atoms with E-state index in [0.29, 0.717) is 18.7 Å². The molecule has 35 heavy (non-hydrogen) atoms. The van der Waals surface area contributed by atoms with Crippen molar-refractivity contribution in [3.63, 3.8) is 0 Å². The number of nitrogens with one attached hydrogen (secondary N) is 2. The van der Waals surface area contributed by atoms with Crippen molar-refractivity contribution in [1.82, 2.24) is 19.6 Å². The number of aromatic amines is 1. The number of benzene rings is 3. The summed E-state index contributed by atoms with van der Waals surface area (Å²) >= 11 is 0. The quantitative estimate of drug-likeness (QED) is 0.414. The molecular formula is C27H28N4O3S. The van der Waals surface area contributed by atoms with Gasteiger partial charge in [0, 0.05) is 6.54 Å². The van der Waals surface area contributed by atoms with Crippen molar-refractivity contribution in [2.75, 3.05) is 5.75 Å². The van der Waals surface area contributed by atoms with E-state index in [-0.39, 0.29) is 18.2 Å². The van der Waals surface area contributed by atoms with Gasteiger partial charge in [-0.2, -0.15) is 4.31 Å². The van der Waals surface area contributed by atoms with Gasteiger partial charge in [-0.05, 0) is 48.6 Å². The molecule has 1 aliphatic heterocycles. The fraction of sp³-hybridized carbons (Fsp3) is 0.259. The third kappa shape index (κ3) is 4.85. The largest absolute Gasteiger partial charge is 0.344 e. The number of carbonyl (C=O) groups is 1. The van der Waals surface area contributed by atoms with Crippen LogP contribution in [-0.4, -0.2) is 40.4 Å². The van der Waals surface area contributed by atoms with Crippen LogP contribution in [0, 0.1) is 0 Å². The van der Waals surface area contributed by atoms with Crippen molar-refractivity contribution in [2.24, 2.45) is 0 Å². The Kier molecular flexibility index (Phi) is 6.40. The summed E-state index contributed by atoms with van der Waals surface area (Å²) in [5.41, 5.74) is 4.68. The summed E-state index contributed by atoms with van der Waals surface area (Å²) in [5, 5.41) is 3.13. The monoisotopic (exact) mass is 488 g/mol. The lowest BCUT2D eigenvalue weighted by atomic mass is 9.95. The highest BCUT2D eigenvalue weighted by Gasteiger charge is 2.38. The maximum Gasteiger partial charge on any atom is 0.239 e. The van der Waals surface area contributed by atoms with Crippen LogP contribution in [0.25, 0.3) is 11.0 Å². The number of H-pyrrole nitrogens is 1. The summed E-state index contributed by atoms with van der Waals surface area (Å²) in [6, 6.07) is 24.0. The molecule has 1 aliphatic rings. The zero-order valence-corrected chi connectivity index (χ0v) is 20.3. The van der Waals surface area contributed by atoms with Gasteiger partial charge in [-0.15, -0.1) is 0 Å². The zero-order chi connectivity index (χ0) is 24.4. The number of aromatic nitrogens is 2. The summed E-state index contributed by atoms with van der Waals surface area (Å²) < 4.78 is 27.3. The van der Waals surface area contributed by atoms with E-state index in [9.17, 15) is 13.2 Å². The van der Waals surface area contributed by atoms with Crippen molar-refractivity contribution in [2.45, 2.75) is 38.4 Å². The molecule has 3 aromatic carbocycles. The molecule has 0 saturated carbocycles. The van der Waals surface area contributed by atoms with Gasteiger partial charge in [0.2, 0.25) is 15.9 Å². The van der Waals surface area contributed by atoms with E-state index in [1.807, 2.05) is 78.9 Å². The molecule has 1 aromatic heterocycles. The Morgan fingerprint density at radius 1 is 1.03 bits per heavy atom. The maximum atomic E-state index is 13.7. The maximum absolute atomic E-state index is 13.7. The van der Waals surface area contributed by atoms with Gasteiger partial charge >= 0.3 is 0 Å². The Morgan fingerprint density at radius 3 is 2.46 bits per heavy atom. The average molecular weight is 489 g/mol. The topological polar surface area (TPSA) is 95.2 Å². The van der Waals surface area contributed by atoms with E-state index in [2.05, 4.69) is 10.3 Å².